The standard InChI is InChI=1S/C20H18Cl2N2O4S/c1-12-2-5-14(6-3-12)23-19(25)11-17(20(23)26)24(15-7-8-15)29(27,28)18-10-13(21)4-9-16(18)22/h2-6,9-10,15,17H,7-8,11H2,1H3. The van der Waals surface area contributed by atoms with Crippen molar-refractivity contribution in [2.75, 3.05) is 4.90 Å². The number of hydrogen-bond acceptors (Lipinski definition) is 4. The first-order valence-corrected chi connectivity index (χ1v) is 11.3. The van der Waals surface area contributed by atoms with Crippen molar-refractivity contribution < 1.29 is 18.0 Å². The fourth-order valence-corrected chi connectivity index (χ4v) is 6.08. The van der Waals surface area contributed by atoms with Crippen LogP contribution in [0.15, 0.2) is 47.4 Å². The molecule has 1 aliphatic carbocycles. The van der Waals surface area contributed by atoms with Gasteiger partial charge in [-0.05, 0) is 50.1 Å². The second-order valence-electron chi connectivity index (χ2n) is 7.26. The predicted octanol–water partition coefficient (Wildman–Crippen LogP) is 3.79. The van der Waals surface area contributed by atoms with Crippen LogP contribution in [-0.4, -0.2) is 36.6 Å². The lowest BCUT2D eigenvalue weighted by molar-refractivity contribution is -0.122. The van der Waals surface area contributed by atoms with Crippen LogP contribution in [0.1, 0.15) is 24.8 Å². The van der Waals surface area contributed by atoms with E-state index in [-0.39, 0.29) is 27.4 Å². The highest BCUT2D eigenvalue weighted by Crippen LogP contribution is 2.40. The van der Waals surface area contributed by atoms with Gasteiger partial charge in [-0.1, -0.05) is 40.9 Å². The first-order chi connectivity index (χ1) is 13.7. The average Bonchev–Trinajstić information content (AvgIpc) is 3.44. The highest BCUT2D eigenvalue weighted by atomic mass is 35.5. The van der Waals surface area contributed by atoms with Crippen molar-refractivity contribution in [3.8, 4) is 0 Å². The Balaban J connectivity index is 1.73. The lowest BCUT2D eigenvalue weighted by Gasteiger charge is -2.27. The minimum Gasteiger partial charge on any atom is -0.274 e. The summed E-state index contributed by atoms with van der Waals surface area (Å²) in [6.07, 6.45) is 1.04. The van der Waals surface area contributed by atoms with Crippen molar-refractivity contribution in [1.82, 2.24) is 4.31 Å². The Morgan fingerprint density at radius 2 is 1.69 bits per heavy atom. The molecule has 0 N–H and O–H groups in total. The zero-order valence-electron chi connectivity index (χ0n) is 15.5. The number of benzene rings is 2. The quantitative estimate of drug-likeness (QED) is 0.646. The number of sulfonamides is 1. The van der Waals surface area contributed by atoms with Crippen molar-refractivity contribution >= 4 is 50.7 Å². The summed E-state index contributed by atoms with van der Waals surface area (Å²) in [6, 6.07) is 9.68. The molecule has 152 valence electrons. The first kappa shape index (κ1) is 20.3. The largest absolute Gasteiger partial charge is 0.274 e. The monoisotopic (exact) mass is 452 g/mol. The molecule has 29 heavy (non-hydrogen) atoms. The Morgan fingerprint density at radius 3 is 2.31 bits per heavy atom. The molecular formula is C20H18Cl2N2O4S. The van der Waals surface area contributed by atoms with Gasteiger partial charge in [0.2, 0.25) is 15.9 Å². The van der Waals surface area contributed by atoms with Crippen LogP contribution in [0.2, 0.25) is 10.0 Å². The SMILES string of the molecule is Cc1ccc(N2C(=O)CC(N(C3CC3)S(=O)(=O)c3cc(Cl)ccc3Cl)C2=O)cc1. The number of nitrogens with zero attached hydrogens (tertiary/aromatic N) is 2. The van der Waals surface area contributed by atoms with E-state index in [0.717, 1.165) is 14.8 Å². The maximum Gasteiger partial charge on any atom is 0.252 e. The van der Waals surface area contributed by atoms with E-state index in [9.17, 15) is 18.0 Å². The van der Waals surface area contributed by atoms with Gasteiger partial charge in [0.25, 0.3) is 5.91 Å². The topological polar surface area (TPSA) is 74.8 Å². The van der Waals surface area contributed by atoms with E-state index in [1.807, 2.05) is 6.92 Å². The number of amides is 2. The summed E-state index contributed by atoms with van der Waals surface area (Å²) in [6.45, 7) is 1.90. The van der Waals surface area contributed by atoms with E-state index in [1.54, 1.807) is 24.3 Å². The maximum absolute atomic E-state index is 13.4. The molecule has 2 amide bonds. The van der Waals surface area contributed by atoms with Crippen LogP contribution in [0.5, 0.6) is 0 Å². The van der Waals surface area contributed by atoms with Crippen LogP contribution in [-0.2, 0) is 19.6 Å². The molecule has 4 rings (SSSR count). The van der Waals surface area contributed by atoms with Crippen LogP contribution in [0.4, 0.5) is 5.69 Å². The van der Waals surface area contributed by atoms with Gasteiger partial charge in [0, 0.05) is 11.1 Å². The third-order valence-electron chi connectivity index (χ3n) is 5.08. The van der Waals surface area contributed by atoms with Gasteiger partial charge in [0.05, 0.1) is 17.1 Å². The second-order valence-corrected chi connectivity index (χ2v) is 9.92. The molecule has 2 aromatic rings. The molecule has 1 aliphatic heterocycles. The van der Waals surface area contributed by atoms with Crippen LogP contribution < -0.4 is 4.90 Å². The van der Waals surface area contributed by atoms with E-state index in [2.05, 4.69) is 0 Å². The van der Waals surface area contributed by atoms with E-state index in [0.29, 0.717) is 18.5 Å². The molecular weight excluding hydrogens is 435 g/mol. The van der Waals surface area contributed by atoms with Gasteiger partial charge in [0.15, 0.2) is 0 Å². The Kier molecular flexibility index (Phi) is 5.19. The third-order valence-corrected chi connectivity index (χ3v) is 7.76. The van der Waals surface area contributed by atoms with Gasteiger partial charge in [-0.15, -0.1) is 0 Å². The minimum atomic E-state index is -4.13. The number of anilines is 1. The molecule has 1 unspecified atom stereocenters. The summed E-state index contributed by atoms with van der Waals surface area (Å²) in [7, 11) is -4.13. The fraction of sp³-hybridized carbons (Fsp3) is 0.300. The molecule has 2 aliphatic rings. The summed E-state index contributed by atoms with van der Waals surface area (Å²) in [4.78, 5) is 26.7. The zero-order valence-corrected chi connectivity index (χ0v) is 17.8. The van der Waals surface area contributed by atoms with Gasteiger partial charge in [-0.3, -0.25) is 9.59 Å². The van der Waals surface area contributed by atoms with Crippen molar-refractivity contribution in [1.29, 1.82) is 0 Å². The molecule has 2 aromatic carbocycles. The highest BCUT2D eigenvalue weighted by Gasteiger charge is 2.52. The molecule has 0 radical (unpaired) electrons. The number of imide groups is 1. The molecule has 1 saturated heterocycles. The number of halogens is 2. The van der Waals surface area contributed by atoms with E-state index in [4.69, 9.17) is 23.2 Å². The number of carbonyl (C=O) groups is 2. The molecule has 9 heteroatoms. The molecule has 0 aromatic heterocycles. The van der Waals surface area contributed by atoms with E-state index in [1.165, 1.54) is 18.2 Å². The summed E-state index contributed by atoms with van der Waals surface area (Å²) in [5.41, 5.74) is 1.42. The molecule has 1 atom stereocenters. The lowest BCUT2D eigenvalue weighted by atomic mass is 10.2. The Labute approximate surface area is 179 Å². The first-order valence-electron chi connectivity index (χ1n) is 9.12. The number of hydrogen-bond donors (Lipinski definition) is 0. The van der Waals surface area contributed by atoms with Gasteiger partial charge in [-0.25, -0.2) is 13.3 Å². The van der Waals surface area contributed by atoms with E-state index >= 15 is 0 Å². The molecule has 0 spiro atoms. The van der Waals surface area contributed by atoms with Crippen molar-refractivity contribution in [3.63, 3.8) is 0 Å². The van der Waals surface area contributed by atoms with Gasteiger partial charge < -0.3 is 0 Å². The zero-order chi connectivity index (χ0) is 20.9. The van der Waals surface area contributed by atoms with Crippen molar-refractivity contribution in [3.05, 3.63) is 58.1 Å². The Hall–Kier alpha value is -1.93. The summed E-state index contributed by atoms with van der Waals surface area (Å²) < 4.78 is 28.0. The summed E-state index contributed by atoms with van der Waals surface area (Å²) in [5, 5.41) is 0.242. The fourth-order valence-electron chi connectivity index (χ4n) is 3.52. The van der Waals surface area contributed by atoms with Crippen LogP contribution in [0.25, 0.3) is 0 Å². The molecule has 0 bridgehead atoms. The molecule has 2 fully saturated rings. The van der Waals surface area contributed by atoms with Gasteiger partial charge in [0.1, 0.15) is 10.9 Å². The Morgan fingerprint density at radius 1 is 1.03 bits per heavy atom. The average molecular weight is 453 g/mol. The van der Waals surface area contributed by atoms with Gasteiger partial charge in [-0.2, -0.15) is 4.31 Å². The normalized spacial score (nSPS) is 20.0. The smallest absolute Gasteiger partial charge is 0.252 e. The molecule has 1 saturated carbocycles. The van der Waals surface area contributed by atoms with E-state index < -0.39 is 27.9 Å². The van der Waals surface area contributed by atoms with Crippen LogP contribution in [0, 0.1) is 6.92 Å². The third kappa shape index (κ3) is 3.68. The highest BCUT2D eigenvalue weighted by molar-refractivity contribution is 7.89. The molecule has 1 heterocycles. The van der Waals surface area contributed by atoms with Crippen LogP contribution >= 0.6 is 23.2 Å². The number of rotatable bonds is 5. The Bertz CT molecular complexity index is 1100. The maximum atomic E-state index is 13.4. The van der Waals surface area contributed by atoms with Crippen LogP contribution in [0.3, 0.4) is 0 Å². The van der Waals surface area contributed by atoms with Crippen molar-refractivity contribution in [2.24, 2.45) is 0 Å². The second kappa shape index (κ2) is 7.40. The van der Waals surface area contributed by atoms with Gasteiger partial charge >= 0.3 is 0 Å². The lowest BCUT2D eigenvalue weighted by Crippen LogP contribution is -2.46. The molecule has 6 nitrogen and oxygen atoms in total. The summed E-state index contributed by atoms with van der Waals surface area (Å²) >= 11 is 12.1. The van der Waals surface area contributed by atoms with Crippen molar-refractivity contribution in [2.45, 2.75) is 43.2 Å². The summed E-state index contributed by atoms with van der Waals surface area (Å²) in [5.74, 6) is -0.977. The predicted molar refractivity (Wildman–Crippen MR) is 111 cm³/mol. The number of aryl methyl sites for hydroxylation is 1. The number of carbonyl (C=O) groups excluding carboxylic acids is 2. The minimum absolute atomic E-state index is 0.0206.